The molecular formula is C20H11Cl2FN4O2. The monoisotopic (exact) mass is 428 g/mol. The first-order valence-electron chi connectivity index (χ1n) is 8.11. The fraction of sp³-hybridized carbons (Fsp3) is 0. The van der Waals surface area contributed by atoms with E-state index in [1.165, 1.54) is 42.6 Å². The first-order valence-corrected chi connectivity index (χ1v) is 8.86. The molecule has 3 aromatic rings. The van der Waals surface area contributed by atoms with Crippen LogP contribution in [0.1, 0.15) is 26.3 Å². The summed E-state index contributed by atoms with van der Waals surface area (Å²) in [6, 6.07) is 12.6. The number of hydrogen-bond acceptors (Lipinski definition) is 4. The van der Waals surface area contributed by atoms with E-state index >= 15 is 0 Å². The third kappa shape index (κ3) is 4.88. The highest BCUT2D eigenvalue weighted by Crippen LogP contribution is 2.23. The molecule has 0 radical (unpaired) electrons. The van der Waals surface area contributed by atoms with Crippen LogP contribution in [0.5, 0.6) is 0 Å². The van der Waals surface area contributed by atoms with Crippen molar-refractivity contribution in [2.75, 3.05) is 10.6 Å². The summed E-state index contributed by atoms with van der Waals surface area (Å²) >= 11 is 11.8. The number of carbonyl (C=O) groups excluding carboxylic acids is 2. The maximum atomic E-state index is 14.1. The van der Waals surface area contributed by atoms with Gasteiger partial charge in [0.1, 0.15) is 11.6 Å². The maximum Gasteiger partial charge on any atom is 0.258 e. The summed E-state index contributed by atoms with van der Waals surface area (Å²) in [6.07, 6.45) is 1.37. The Balaban J connectivity index is 1.86. The summed E-state index contributed by atoms with van der Waals surface area (Å²) in [4.78, 5) is 29.1. The molecule has 144 valence electrons. The SMILES string of the molecule is N#Cc1ccc(C(=O)Nc2ccc(Cl)cc2C(=O)Nc2ccc(Cl)cn2)c(F)c1. The number of hydrogen-bond donors (Lipinski definition) is 2. The Labute approximate surface area is 174 Å². The number of aromatic nitrogens is 1. The van der Waals surface area contributed by atoms with Crippen LogP contribution in [0.25, 0.3) is 0 Å². The van der Waals surface area contributed by atoms with E-state index in [9.17, 15) is 14.0 Å². The van der Waals surface area contributed by atoms with Crippen molar-refractivity contribution in [2.45, 2.75) is 0 Å². The van der Waals surface area contributed by atoms with Crippen LogP contribution in [0.2, 0.25) is 10.0 Å². The summed E-state index contributed by atoms with van der Waals surface area (Å²) in [6.45, 7) is 0. The molecule has 0 fully saturated rings. The van der Waals surface area contributed by atoms with E-state index in [4.69, 9.17) is 28.5 Å². The smallest absolute Gasteiger partial charge is 0.258 e. The van der Waals surface area contributed by atoms with Crippen molar-refractivity contribution < 1.29 is 14.0 Å². The van der Waals surface area contributed by atoms with Gasteiger partial charge in [-0.3, -0.25) is 9.59 Å². The molecule has 0 aliphatic rings. The highest BCUT2D eigenvalue weighted by atomic mass is 35.5. The van der Waals surface area contributed by atoms with Crippen molar-refractivity contribution in [2.24, 2.45) is 0 Å². The molecule has 1 heterocycles. The lowest BCUT2D eigenvalue weighted by molar-refractivity contribution is 0.102. The number of benzene rings is 2. The minimum atomic E-state index is -0.855. The van der Waals surface area contributed by atoms with Gasteiger partial charge in [0, 0.05) is 11.2 Å². The number of anilines is 2. The Morgan fingerprint density at radius 3 is 2.31 bits per heavy atom. The molecule has 0 spiro atoms. The highest BCUT2D eigenvalue weighted by Gasteiger charge is 2.18. The summed E-state index contributed by atoms with van der Waals surface area (Å²) in [5, 5.41) is 14.5. The number of carbonyl (C=O) groups is 2. The van der Waals surface area contributed by atoms with Gasteiger partial charge in [-0.2, -0.15) is 5.26 Å². The van der Waals surface area contributed by atoms with Crippen molar-refractivity contribution >= 4 is 46.5 Å². The number of amides is 2. The van der Waals surface area contributed by atoms with E-state index < -0.39 is 17.6 Å². The number of halogens is 3. The molecule has 0 bridgehead atoms. The highest BCUT2D eigenvalue weighted by molar-refractivity contribution is 6.31. The Bertz CT molecular complexity index is 1140. The number of rotatable bonds is 4. The van der Waals surface area contributed by atoms with Crippen LogP contribution in [0.15, 0.2) is 54.7 Å². The zero-order valence-corrected chi connectivity index (χ0v) is 16.1. The van der Waals surface area contributed by atoms with Crippen LogP contribution < -0.4 is 10.6 Å². The number of nitrogens with one attached hydrogen (secondary N) is 2. The van der Waals surface area contributed by atoms with E-state index in [2.05, 4.69) is 15.6 Å². The third-order valence-corrected chi connectivity index (χ3v) is 4.24. The molecule has 0 unspecified atom stereocenters. The molecule has 2 amide bonds. The van der Waals surface area contributed by atoms with Crippen LogP contribution >= 0.6 is 23.2 Å². The van der Waals surface area contributed by atoms with E-state index in [0.29, 0.717) is 5.02 Å². The van der Waals surface area contributed by atoms with Crippen LogP contribution in [0, 0.1) is 17.1 Å². The van der Waals surface area contributed by atoms with Crippen LogP contribution in [-0.2, 0) is 0 Å². The van der Waals surface area contributed by atoms with Crippen molar-refractivity contribution in [3.63, 3.8) is 0 Å². The van der Waals surface area contributed by atoms with Gasteiger partial charge in [-0.15, -0.1) is 0 Å². The van der Waals surface area contributed by atoms with Crippen LogP contribution in [0.4, 0.5) is 15.9 Å². The van der Waals surface area contributed by atoms with Crippen LogP contribution in [0.3, 0.4) is 0 Å². The lowest BCUT2D eigenvalue weighted by Crippen LogP contribution is -2.19. The summed E-state index contributed by atoms with van der Waals surface area (Å²) < 4.78 is 14.1. The quantitative estimate of drug-likeness (QED) is 0.617. The average molecular weight is 429 g/mol. The molecule has 0 aliphatic carbocycles. The molecule has 0 atom stereocenters. The molecule has 2 aromatic carbocycles. The Kier molecular flexibility index (Phi) is 6.07. The van der Waals surface area contributed by atoms with Gasteiger partial charge in [0.25, 0.3) is 11.8 Å². The molecule has 9 heteroatoms. The second kappa shape index (κ2) is 8.69. The standard InChI is InChI=1S/C20H11Cl2FN4O2/c21-12-2-5-17(26-19(28)14-4-1-11(9-24)7-16(14)23)15(8-12)20(29)27-18-6-3-13(22)10-25-18/h1-8,10H,(H,26,28)(H,25,27,29). The summed E-state index contributed by atoms with van der Waals surface area (Å²) in [5.74, 6) is -1.98. The largest absolute Gasteiger partial charge is 0.321 e. The second-order valence-corrected chi connectivity index (χ2v) is 6.64. The van der Waals surface area contributed by atoms with E-state index in [1.807, 2.05) is 0 Å². The zero-order chi connectivity index (χ0) is 21.0. The van der Waals surface area contributed by atoms with E-state index in [-0.39, 0.29) is 33.2 Å². The molecule has 0 saturated carbocycles. The number of pyridine rings is 1. The van der Waals surface area contributed by atoms with Gasteiger partial charge in [0.15, 0.2) is 0 Å². The van der Waals surface area contributed by atoms with Gasteiger partial charge >= 0.3 is 0 Å². The molecule has 2 N–H and O–H groups in total. The maximum absolute atomic E-state index is 14.1. The van der Waals surface area contributed by atoms with E-state index in [0.717, 1.165) is 6.07 Å². The van der Waals surface area contributed by atoms with Gasteiger partial charge in [-0.25, -0.2) is 9.37 Å². The Hall–Kier alpha value is -3.47. The minimum Gasteiger partial charge on any atom is -0.321 e. The molecule has 0 saturated heterocycles. The molecule has 6 nitrogen and oxygen atoms in total. The molecular weight excluding hydrogens is 418 g/mol. The normalized spacial score (nSPS) is 10.1. The first kappa shape index (κ1) is 20.3. The van der Waals surface area contributed by atoms with Gasteiger partial charge in [0.2, 0.25) is 0 Å². The van der Waals surface area contributed by atoms with Gasteiger partial charge in [-0.1, -0.05) is 23.2 Å². The van der Waals surface area contributed by atoms with Crippen molar-refractivity contribution in [1.29, 1.82) is 5.26 Å². The van der Waals surface area contributed by atoms with Crippen molar-refractivity contribution in [3.05, 3.63) is 87.3 Å². The fourth-order valence-corrected chi connectivity index (χ4v) is 2.69. The van der Waals surface area contributed by atoms with Gasteiger partial charge < -0.3 is 10.6 Å². The van der Waals surface area contributed by atoms with Crippen molar-refractivity contribution in [1.82, 2.24) is 4.98 Å². The van der Waals surface area contributed by atoms with Gasteiger partial charge in [0.05, 0.1) is 33.5 Å². The molecule has 29 heavy (non-hydrogen) atoms. The minimum absolute atomic E-state index is 0.0525. The molecule has 0 aliphatic heterocycles. The summed E-state index contributed by atoms with van der Waals surface area (Å²) in [7, 11) is 0. The first-order chi connectivity index (χ1) is 13.9. The Morgan fingerprint density at radius 1 is 0.931 bits per heavy atom. The van der Waals surface area contributed by atoms with E-state index in [1.54, 1.807) is 12.1 Å². The van der Waals surface area contributed by atoms with Crippen LogP contribution in [-0.4, -0.2) is 16.8 Å². The lowest BCUT2D eigenvalue weighted by atomic mass is 10.1. The number of nitriles is 1. The number of nitrogens with zero attached hydrogens (tertiary/aromatic N) is 2. The fourth-order valence-electron chi connectivity index (χ4n) is 2.41. The second-order valence-electron chi connectivity index (χ2n) is 5.77. The van der Waals surface area contributed by atoms with Gasteiger partial charge in [-0.05, 0) is 48.5 Å². The van der Waals surface area contributed by atoms with Crippen molar-refractivity contribution in [3.8, 4) is 6.07 Å². The molecule has 1 aromatic heterocycles. The lowest BCUT2D eigenvalue weighted by Gasteiger charge is -2.12. The summed E-state index contributed by atoms with van der Waals surface area (Å²) in [5.41, 5.74) is -0.0166. The zero-order valence-electron chi connectivity index (χ0n) is 14.5. The average Bonchev–Trinajstić information content (AvgIpc) is 2.70. The predicted octanol–water partition coefficient (Wildman–Crippen LogP) is 4.90. The molecule has 3 rings (SSSR count). The topological polar surface area (TPSA) is 94.9 Å². The predicted molar refractivity (Wildman–Crippen MR) is 108 cm³/mol. The third-order valence-electron chi connectivity index (χ3n) is 3.79. The Morgan fingerprint density at radius 2 is 1.66 bits per heavy atom.